The molecule has 0 aliphatic rings. The maximum absolute atomic E-state index is 9.74. The Bertz CT molecular complexity index is 477. The lowest BCUT2D eigenvalue weighted by atomic mass is 9.74. The number of benzene rings is 1. The maximum atomic E-state index is 9.74. The first-order chi connectivity index (χ1) is 9.87. The van der Waals surface area contributed by atoms with E-state index in [4.69, 9.17) is 4.52 Å². The van der Waals surface area contributed by atoms with E-state index in [0.717, 1.165) is 22.3 Å². The fraction of sp³-hybridized carbons (Fsp3) is 0.647. The second-order valence-corrected chi connectivity index (χ2v) is 8.52. The molecule has 0 bridgehead atoms. The van der Waals surface area contributed by atoms with Crippen molar-refractivity contribution in [2.75, 3.05) is 6.61 Å². The van der Waals surface area contributed by atoms with Gasteiger partial charge in [0, 0.05) is 0 Å². The summed E-state index contributed by atoms with van der Waals surface area (Å²) in [5.41, 5.74) is 3.84. The highest BCUT2D eigenvalue weighted by Crippen LogP contribution is 2.43. The molecule has 0 heterocycles. The van der Waals surface area contributed by atoms with Crippen molar-refractivity contribution < 1.29 is 19.4 Å². The molecule has 1 aromatic carbocycles. The van der Waals surface area contributed by atoms with Gasteiger partial charge < -0.3 is 19.4 Å². The van der Waals surface area contributed by atoms with Crippen molar-refractivity contribution in [3.05, 3.63) is 34.4 Å². The minimum Gasteiger partial charge on any atom is -0.393 e. The Morgan fingerprint density at radius 3 is 1.68 bits per heavy atom. The molecule has 0 radical (unpaired) electrons. The van der Waals surface area contributed by atoms with E-state index in [9.17, 15) is 14.9 Å². The highest BCUT2D eigenvalue weighted by Gasteiger charge is 2.31. The molecule has 0 fully saturated rings. The molecule has 22 heavy (non-hydrogen) atoms. The summed E-state index contributed by atoms with van der Waals surface area (Å²) in [6.45, 7) is 14.4. The molecule has 1 atom stereocenters. The van der Waals surface area contributed by atoms with Gasteiger partial charge in [0.15, 0.2) is 0 Å². The minimum atomic E-state index is -2.53. The highest BCUT2D eigenvalue weighted by atomic mass is 31.2. The summed E-state index contributed by atoms with van der Waals surface area (Å²) in [6.07, 6.45) is -0.745. The van der Waals surface area contributed by atoms with Crippen LogP contribution in [-0.4, -0.2) is 21.5 Å². The molecule has 1 unspecified atom stereocenters. The van der Waals surface area contributed by atoms with Gasteiger partial charge in [0.1, 0.15) is 6.10 Å². The Balaban J connectivity index is 3.68. The molecule has 1 aromatic rings. The van der Waals surface area contributed by atoms with Crippen molar-refractivity contribution >= 4 is 8.60 Å². The topological polar surface area (TPSA) is 69.9 Å². The predicted octanol–water partition coefficient (Wildman–Crippen LogP) is 3.85. The van der Waals surface area contributed by atoms with Crippen LogP contribution in [0, 0.1) is 6.92 Å². The van der Waals surface area contributed by atoms with Crippen molar-refractivity contribution in [3.63, 3.8) is 0 Å². The SMILES string of the molecule is Cc1cc(C(C)(C)C)c(C(CO)OP(O)O)c(C(C)(C)C)c1. The Kier molecular flexibility index (Phi) is 6.16. The lowest BCUT2D eigenvalue weighted by Gasteiger charge is -2.33. The second kappa shape index (κ2) is 6.94. The van der Waals surface area contributed by atoms with Gasteiger partial charge in [0.2, 0.25) is 0 Å². The molecule has 126 valence electrons. The van der Waals surface area contributed by atoms with Crippen LogP contribution in [0.5, 0.6) is 0 Å². The molecule has 0 aromatic heterocycles. The standard InChI is InChI=1S/C17H29O4P/c1-11-8-12(16(2,3)4)15(13(9-11)17(5,6)7)14(10-18)21-22(19)20/h8-9,14,18-20H,10H2,1-7H3. The third-order valence-electron chi connectivity index (χ3n) is 3.65. The molecule has 0 spiro atoms. The lowest BCUT2D eigenvalue weighted by molar-refractivity contribution is 0.0988. The third-order valence-corrected chi connectivity index (χ3v) is 4.09. The van der Waals surface area contributed by atoms with Crippen molar-refractivity contribution in [2.45, 2.75) is 65.4 Å². The number of hydrogen-bond acceptors (Lipinski definition) is 4. The summed E-state index contributed by atoms with van der Waals surface area (Å²) in [5.74, 6) is 0. The summed E-state index contributed by atoms with van der Waals surface area (Å²) in [4.78, 5) is 18.5. The second-order valence-electron chi connectivity index (χ2n) is 7.80. The Labute approximate surface area is 135 Å². The van der Waals surface area contributed by atoms with Crippen LogP contribution >= 0.6 is 8.60 Å². The van der Waals surface area contributed by atoms with Crippen LogP contribution in [0.3, 0.4) is 0 Å². The first kappa shape index (κ1) is 19.5. The van der Waals surface area contributed by atoms with E-state index in [1.54, 1.807) is 0 Å². The van der Waals surface area contributed by atoms with Crippen molar-refractivity contribution in [1.29, 1.82) is 0 Å². The van der Waals surface area contributed by atoms with E-state index >= 15 is 0 Å². The zero-order valence-corrected chi connectivity index (χ0v) is 15.5. The van der Waals surface area contributed by atoms with Crippen LogP contribution in [0.2, 0.25) is 0 Å². The molecule has 0 amide bonds. The van der Waals surface area contributed by atoms with Gasteiger partial charge in [0.25, 0.3) is 0 Å². The fourth-order valence-corrected chi connectivity index (χ4v) is 3.08. The van der Waals surface area contributed by atoms with Crippen LogP contribution in [0.1, 0.15) is 69.9 Å². The zero-order chi connectivity index (χ0) is 17.3. The van der Waals surface area contributed by atoms with Crippen LogP contribution < -0.4 is 0 Å². The van der Waals surface area contributed by atoms with Crippen molar-refractivity contribution in [1.82, 2.24) is 0 Å². The Hall–Kier alpha value is -0.510. The van der Waals surface area contributed by atoms with E-state index < -0.39 is 14.7 Å². The molecule has 0 aliphatic heterocycles. The summed E-state index contributed by atoms with van der Waals surface area (Å²) in [5, 5.41) is 9.74. The van der Waals surface area contributed by atoms with Gasteiger partial charge in [0.05, 0.1) is 6.61 Å². The number of aliphatic hydroxyl groups is 1. The quantitative estimate of drug-likeness (QED) is 0.734. The number of aryl methyl sites for hydroxylation is 1. The van der Waals surface area contributed by atoms with Gasteiger partial charge in [-0.3, -0.25) is 0 Å². The molecular formula is C17H29O4P. The maximum Gasteiger partial charge on any atom is 0.327 e. The zero-order valence-electron chi connectivity index (χ0n) is 14.6. The molecular weight excluding hydrogens is 299 g/mol. The van der Waals surface area contributed by atoms with Crippen molar-refractivity contribution in [3.8, 4) is 0 Å². The molecule has 0 saturated heterocycles. The van der Waals surface area contributed by atoms with Crippen molar-refractivity contribution in [2.24, 2.45) is 0 Å². The Morgan fingerprint density at radius 1 is 1.00 bits per heavy atom. The smallest absolute Gasteiger partial charge is 0.327 e. The first-order valence-corrected chi connectivity index (χ1v) is 8.65. The fourth-order valence-electron chi connectivity index (χ4n) is 2.68. The van der Waals surface area contributed by atoms with Crippen LogP contribution in [0.4, 0.5) is 0 Å². The highest BCUT2D eigenvalue weighted by molar-refractivity contribution is 7.39. The van der Waals surface area contributed by atoms with E-state index in [2.05, 4.69) is 53.7 Å². The van der Waals surface area contributed by atoms with Gasteiger partial charge in [-0.2, -0.15) is 0 Å². The van der Waals surface area contributed by atoms with E-state index in [0.29, 0.717) is 0 Å². The molecule has 5 heteroatoms. The van der Waals surface area contributed by atoms with Gasteiger partial charge in [-0.15, -0.1) is 0 Å². The normalized spacial score (nSPS) is 14.5. The minimum absolute atomic E-state index is 0.147. The number of aliphatic hydroxyl groups excluding tert-OH is 1. The monoisotopic (exact) mass is 328 g/mol. The summed E-state index contributed by atoms with van der Waals surface area (Å²) >= 11 is 0. The van der Waals surface area contributed by atoms with Gasteiger partial charge in [-0.05, 0) is 34.4 Å². The summed E-state index contributed by atoms with van der Waals surface area (Å²) in [6, 6.07) is 4.18. The molecule has 1 rings (SSSR count). The third kappa shape index (κ3) is 4.74. The molecule has 0 aliphatic carbocycles. The molecule has 0 saturated carbocycles. The van der Waals surface area contributed by atoms with E-state index in [-0.39, 0.29) is 17.4 Å². The van der Waals surface area contributed by atoms with E-state index in [1.165, 1.54) is 0 Å². The summed E-state index contributed by atoms with van der Waals surface area (Å²) in [7, 11) is -2.53. The lowest BCUT2D eigenvalue weighted by Crippen LogP contribution is -2.25. The average molecular weight is 328 g/mol. The van der Waals surface area contributed by atoms with Crippen LogP contribution in [-0.2, 0) is 15.4 Å². The number of rotatable bonds is 4. The van der Waals surface area contributed by atoms with Gasteiger partial charge in [-0.1, -0.05) is 59.2 Å². The molecule has 4 nitrogen and oxygen atoms in total. The van der Waals surface area contributed by atoms with Crippen LogP contribution in [0.25, 0.3) is 0 Å². The molecule has 3 N–H and O–H groups in total. The summed E-state index contributed by atoms with van der Waals surface area (Å²) < 4.78 is 5.22. The predicted molar refractivity (Wildman–Crippen MR) is 90.8 cm³/mol. The average Bonchev–Trinajstić information content (AvgIpc) is 2.32. The van der Waals surface area contributed by atoms with Gasteiger partial charge in [-0.25, -0.2) is 0 Å². The first-order valence-electron chi connectivity index (χ1n) is 7.49. The largest absolute Gasteiger partial charge is 0.393 e. The Morgan fingerprint density at radius 2 is 1.41 bits per heavy atom. The van der Waals surface area contributed by atoms with E-state index in [1.807, 2.05) is 6.92 Å². The number of hydrogen-bond donors (Lipinski definition) is 3. The van der Waals surface area contributed by atoms with Gasteiger partial charge >= 0.3 is 8.60 Å². The van der Waals surface area contributed by atoms with Crippen LogP contribution in [0.15, 0.2) is 12.1 Å².